The van der Waals surface area contributed by atoms with E-state index in [0.717, 1.165) is 17.5 Å². The van der Waals surface area contributed by atoms with E-state index in [0.29, 0.717) is 6.54 Å². The molecule has 0 aliphatic heterocycles. The lowest BCUT2D eigenvalue weighted by atomic mass is 10.00. The molecule has 0 aliphatic carbocycles. The molecule has 2 rings (SSSR count). The number of rotatable bonds is 3. The van der Waals surface area contributed by atoms with E-state index >= 15 is 0 Å². The summed E-state index contributed by atoms with van der Waals surface area (Å²) in [6.07, 6.45) is 0.799. The van der Waals surface area contributed by atoms with Crippen molar-refractivity contribution < 1.29 is 4.39 Å². The minimum Gasteiger partial charge on any atom is -0.326 e. The van der Waals surface area contributed by atoms with Crippen LogP contribution in [0.25, 0.3) is 0 Å². The Morgan fingerprint density at radius 2 is 1.50 bits per heavy atom. The first kappa shape index (κ1) is 10.8. The summed E-state index contributed by atoms with van der Waals surface area (Å²) in [6, 6.07) is 14.7. The quantitative estimate of drug-likeness (QED) is 0.837. The first-order valence-electron chi connectivity index (χ1n) is 5.31. The van der Waals surface area contributed by atoms with Crippen molar-refractivity contribution in [2.24, 2.45) is 5.73 Å². The topological polar surface area (TPSA) is 26.0 Å². The van der Waals surface area contributed by atoms with Crippen LogP contribution in [-0.4, -0.2) is 0 Å². The summed E-state index contributed by atoms with van der Waals surface area (Å²) < 4.78 is 12.8. The van der Waals surface area contributed by atoms with Gasteiger partial charge in [-0.15, -0.1) is 0 Å². The molecule has 2 heteroatoms. The van der Waals surface area contributed by atoms with E-state index in [2.05, 4.69) is 6.07 Å². The largest absolute Gasteiger partial charge is 0.326 e. The van der Waals surface area contributed by atoms with Gasteiger partial charge in [0.05, 0.1) is 0 Å². The fourth-order valence-electron chi connectivity index (χ4n) is 1.75. The van der Waals surface area contributed by atoms with Gasteiger partial charge in [-0.05, 0) is 35.2 Å². The number of nitrogens with two attached hydrogens (primary N) is 1. The zero-order valence-corrected chi connectivity index (χ0v) is 8.99. The third kappa shape index (κ3) is 2.47. The number of benzene rings is 2. The van der Waals surface area contributed by atoms with Crippen molar-refractivity contribution in [3.63, 3.8) is 0 Å². The van der Waals surface area contributed by atoms with E-state index in [1.807, 2.05) is 30.3 Å². The van der Waals surface area contributed by atoms with E-state index in [4.69, 9.17) is 5.73 Å². The smallest absolute Gasteiger partial charge is 0.123 e. The molecule has 16 heavy (non-hydrogen) atoms. The molecule has 0 bridgehead atoms. The van der Waals surface area contributed by atoms with Crippen LogP contribution in [0.5, 0.6) is 0 Å². The Labute approximate surface area is 94.7 Å². The van der Waals surface area contributed by atoms with E-state index in [-0.39, 0.29) is 5.82 Å². The van der Waals surface area contributed by atoms with Gasteiger partial charge in [0.15, 0.2) is 0 Å². The Hall–Kier alpha value is -1.67. The summed E-state index contributed by atoms with van der Waals surface area (Å²) in [7, 11) is 0. The van der Waals surface area contributed by atoms with Gasteiger partial charge >= 0.3 is 0 Å². The van der Waals surface area contributed by atoms with Gasteiger partial charge in [0.25, 0.3) is 0 Å². The van der Waals surface area contributed by atoms with Crippen LogP contribution in [0.4, 0.5) is 4.39 Å². The Balaban J connectivity index is 2.23. The van der Waals surface area contributed by atoms with Crippen molar-refractivity contribution in [3.8, 4) is 0 Å². The van der Waals surface area contributed by atoms with Crippen molar-refractivity contribution in [2.45, 2.75) is 13.0 Å². The van der Waals surface area contributed by atoms with Crippen molar-refractivity contribution >= 4 is 0 Å². The molecule has 2 N–H and O–H groups in total. The van der Waals surface area contributed by atoms with Crippen LogP contribution in [0.15, 0.2) is 48.5 Å². The highest BCUT2D eigenvalue weighted by Gasteiger charge is 2.01. The fourth-order valence-corrected chi connectivity index (χ4v) is 1.75. The minimum absolute atomic E-state index is 0.198. The van der Waals surface area contributed by atoms with Crippen LogP contribution in [0.1, 0.15) is 16.7 Å². The van der Waals surface area contributed by atoms with Gasteiger partial charge in [-0.3, -0.25) is 0 Å². The van der Waals surface area contributed by atoms with Gasteiger partial charge in [0.1, 0.15) is 5.82 Å². The molecule has 0 aromatic heterocycles. The highest BCUT2D eigenvalue weighted by atomic mass is 19.1. The standard InChI is InChI=1S/C14H14FN/c15-14-7-5-11(6-8-14)9-12-3-1-2-4-13(12)10-16/h1-8H,9-10,16H2. The summed E-state index contributed by atoms with van der Waals surface area (Å²) in [5.74, 6) is -0.198. The summed E-state index contributed by atoms with van der Waals surface area (Å²) in [5.41, 5.74) is 9.12. The zero-order valence-electron chi connectivity index (χ0n) is 8.99. The summed E-state index contributed by atoms with van der Waals surface area (Å²) >= 11 is 0. The van der Waals surface area contributed by atoms with Gasteiger partial charge in [-0.2, -0.15) is 0 Å². The average Bonchev–Trinajstić information content (AvgIpc) is 2.33. The lowest BCUT2D eigenvalue weighted by molar-refractivity contribution is 0.627. The van der Waals surface area contributed by atoms with Crippen LogP contribution in [-0.2, 0) is 13.0 Å². The Kier molecular flexibility index (Phi) is 3.32. The van der Waals surface area contributed by atoms with E-state index in [1.54, 1.807) is 0 Å². The van der Waals surface area contributed by atoms with Crippen molar-refractivity contribution in [2.75, 3.05) is 0 Å². The Bertz CT molecular complexity index is 462. The predicted molar refractivity (Wildman–Crippen MR) is 63.5 cm³/mol. The first-order valence-corrected chi connectivity index (χ1v) is 5.31. The molecule has 0 aliphatic rings. The second-order valence-corrected chi connectivity index (χ2v) is 3.78. The Morgan fingerprint density at radius 1 is 0.875 bits per heavy atom. The third-order valence-corrected chi connectivity index (χ3v) is 2.65. The molecular weight excluding hydrogens is 201 g/mol. The molecule has 0 unspecified atom stereocenters. The Morgan fingerprint density at radius 3 is 2.12 bits per heavy atom. The SMILES string of the molecule is NCc1ccccc1Cc1ccc(F)cc1. The lowest BCUT2D eigenvalue weighted by Crippen LogP contribution is -2.01. The van der Waals surface area contributed by atoms with Crippen LogP contribution < -0.4 is 5.73 Å². The molecule has 0 radical (unpaired) electrons. The van der Waals surface area contributed by atoms with Crippen molar-refractivity contribution in [1.29, 1.82) is 0 Å². The molecule has 82 valence electrons. The summed E-state index contributed by atoms with van der Waals surface area (Å²) in [6.45, 7) is 0.539. The molecule has 0 saturated heterocycles. The number of halogens is 1. The van der Waals surface area contributed by atoms with Gasteiger partial charge in [0.2, 0.25) is 0 Å². The molecule has 0 spiro atoms. The van der Waals surface area contributed by atoms with Crippen molar-refractivity contribution in [1.82, 2.24) is 0 Å². The number of hydrogen-bond donors (Lipinski definition) is 1. The normalized spacial score (nSPS) is 10.4. The summed E-state index contributed by atoms with van der Waals surface area (Å²) in [5, 5.41) is 0. The van der Waals surface area contributed by atoms with Crippen LogP contribution >= 0.6 is 0 Å². The molecule has 0 saturated carbocycles. The predicted octanol–water partition coefficient (Wildman–Crippen LogP) is 2.88. The van der Waals surface area contributed by atoms with E-state index < -0.39 is 0 Å². The molecule has 1 nitrogen and oxygen atoms in total. The van der Waals surface area contributed by atoms with Crippen molar-refractivity contribution in [3.05, 3.63) is 71.0 Å². The maximum atomic E-state index is 12.8. The molecule has 2 aromatic rings. The maximum Gasteiger partial charge on any atom is 0.123 e. The monoisotopic (exact) mass is 215 g/mol. The zero-order chi connectivity index (χ0) is 11.4. The molecule has 0 amide bonds. The first-order chi connectivity index (χ1) is 7.79. The lowest BCUT2D eigenvalue weighted by Gasteiger charge is -2.07. The second kappa shape index (κ2) is 4.90. The van der Waals surface area contributed by atoms with Gasteiger partial charge in [-0.1, -0.05) is 36.4 Å². The second-order valence-electron chi connectivity index (χ2n) is 3.78. The highest BCUT2D eigenvalue weighted by molar-refractivity contribution is 5.32. The van der Waals surface area contributed by atoms with Gasteiger partial charge in [-0.25, -0.2) is 4.39 Å². The molecule has 2 aromatic carbocycles. The van der Waals surface area contributed by atoms with Crippen LogP contribution in [0.3, 0.4) is 0 Å². The average molecular weight is 215 g/mol. The number of hydrogen-bond acceptors (Lipinski definition) is 1. The summed E-state index contributed by atoms with van der Waals surface area (Å²) in [4.78, 5) is 0. The highest BCUT2D eigenvalue weighted by Crippen LogP contribution is 2.14. The molecule has 0 fully saturated rings. The minimum atomic E-state index is -0.198. The van der Waals surface area contributed by atoms with Crippen LogP contribution in [0.2, 0.25) is 0 Å². The van der Waals surface area contributed by atoms with Gasteiger partial charge in [0, 0.05) is 6.54 Å². The van der Waals surface area contributed by atoms with Crippen LogP contribution in [0, 0.1) is 5.82 Å². The third-order valence-electron chi connectivity index (χ3n) is 2.65. The van der Waals surface area contributed by atoms with E-state index in [9.17, 15) is 4.39 Å². The van der Waals surface area contributed by atoms with E-state index in [1.165, 1.54) is 17.7 Å². The molecule has 0 atom stereocenters. The molecule has 0 heterocycles. The maximum absolute atomic E-state index is 12.8. The fraction of sp³-hybridized carbons (Fsp3) is 0.143. The van der Waals surface area contributed by atoms with Gasteiger partial charge < -0.3 is 5.73 Å². The molecular formula is C14H14FN.